The van der Waals surface area contributed by atoms with Gasteiger partial charge in [-0.25, -0.2) is 0 Å². The first-order chi connectivity index (χ1) is 18.7. The molecule has 3 rings (SSSR count). The lowest BCUT2D eigenvalue weighted by Crippen LogP contribution is -2.30. The molecule has 3 N–H and O–H groups in total. The molecular formula is C33H42O6. The van der Waals surface area contributed by atoms with Crippen LogP contribution in [0.25, 0.3) is 0 Å². The molecule has 0 amide bonds. The number of ether oxygens (including phenoxy) is 2. The number of phenols is 2. The molecule has 0 unspecified atom stereocenters. The van der Waals surface area contributed by atoms with Gasteiger partial charge >= 0.3 is 0 Å². The Hall–Kier alpha value is -3.51. The summed E-state index contributed by atoms with van der Waals surface area (Å²) < 4.78 is 10.5. The number of aliphatic hydroxyl groups is 1. The van der Waals surface area contributed by atoms with Crippen LogP contribution >= 0.6 is 0 Å². The predicted molar refractivity (Wildman–Crippen MR) is 154 cm³/mol. The maximum absolute atomic E-state index is 13.7. The molecule has 6 nitrogen and oxygen atoms in total. The number of carbonyl (C=O) groups is 1. The maximum Gasteiger partial charge on any atom is 0.160 e. The minimum absolute atomic E-state index is 0.0385. The van der Waals surface area contributed by atoms with Crippen molar-refractivity contribution < 1.29 is 29.6 Å². The number of hydrogen-bond acceptors (Lipinski definition) is 6. The highest BCUT2D eigenvalue weighted by Gasteiger charge is 2.27. The molecule has 0 fully saturated rings. The molecule has 0 aromatic heterocycles. The van der Waals surface area contributed by atoms with E-state index in [1.165, 1.54) is 14.2 Å². The number of rotatable bonds is 15. The zero-order valence-electron chi connectivity index (χ0n) is 23.5. The second-order valence-electron chi connectivity index (χ2n) is 10.8. The number of hydrogen-bond donors (Lipinski definition) is 3. The summed E-state index contributed by atoms with van der Waals surface area (Å²) in [7, 11) is 3.02. The van der Waals surface area contributed by atoms with Crippen molar-refractivity contribution in [2.24, 2.45) is 17.8 Å². The fourth-order valence-electron chi connectivity index (χ4n) is 5.00. The second-order valence-corrected chi connectivity index (χ2v) is 10.8. The van der Waals surface area contributed by atoms with Crippen molar-refractivity contribution in [2.75, 3.05) is 14.2 Å². The standard InChI is InChI=1S/C33H42O6/c1-22(2)10-13-26(17-24-11-14-28(34)32(19-24)38-3)30(36)21-31(37)27(16-23-8-6-5-7-9-23)18-25-12-15-29(35)33(20-25)39-4/h5-9,11-12,14-15,19-20,22,26-27,31,34-35,37H,10,13,16-18,21H2,1-4H3/t26-,27+,31-/m1/s1. The Morgan fingerprint density at radius 1 is 0.744 bits per heavy atom. The van der Waals surface area contributed by atoms with E-state index in [-0.39, 0.29) is 35.5 Å². The molecule has 0 aliphatic heterocycles. The monoisotopic (exact) mass is 534 g/mol. The number of phenolic OH excluding ortho intramolecular Hbond substituents is 2. The molecule has 0 aliphatic rings. The summed E-state index contributed by atoms with van der Waals surface area (Å²) in [6, 6.07) is 20.4. The highest BCUT2D eigenvalue weighted by atomic mass is 16.5. The quantitative estimate of drug-likeness (QED) is 0.217. The predicted octanol–water partition coefficient (Wildman–Crippen LogP) is 6.13. The molecule has 0 saturated heterocycles. The van der Waals surface area contributed by atoms with Gasteiger partial charge in [0.1, 0.15) is 5.78 Å². The van der Waals surface area contributed by atoms with Crippen LogP contribution in [0.2, 0.25) is 0 Å². The molecule has 3 aromatic carbocycles. The van der Waals surface area contributed by atoms with E-state index in [9.17, 15) is 20.1 Å². The number of aromatic hydroxyl groups is 2. The summed E-state index contributed by atoms with van der Waals surface area (Å²) in [5.74, 6) is 0.940. The molecule has 6 heteroatoms. The molecule has 0 heterocycles. The molecule has 3 aromatic rings. The molecular weight excluding hydrogens is 492 g/mol. The highest BCUT2D eigenvalue weighted by molar-refractivity contribution is 5.81. The zero-order chi connectivity index (χ0) is 28.4. The Bertz CT molecular complexity index is 1190. The summed E-state index contributed by atoms with van der Waals surface area (Å²) in [4.78, 5) is 13.7. The van der Waals surface area contributed by atoms with Gasteiger partial charge in [0.15, 0.2) is 23.0 Å². The van der Waals surface area contributed by atoms with Gasteiger partial charge in [-0.2, -0.15) is 0 Å². The normalized spacial score (nSPS) is 13.6. The second kappa shape index (κ2) is 14.6. The van der Waals surface area contributed by atoms with Crippen molar-refractivity contribution >= 4 is 5.78 Å². The van der Waals surface area contributed by atoms with Crippen LogP contribution in [-0.2, 0) is 24.1 Å². The molecule has 0 spiro atoms. The Morgan fingerprint density at radius 3 is 1.82 bits per heavy atom. The number of methoxy groups -OCH3 is 2. The van der Waals surface area contributed by atoms with Crippen molar-refractivity contribution in [3.8, 4) is 23.0 Å². The van der Waals surface area contributed by atoms with Gasteiger partial charge in [0.2, 0.25) is 0 Å². The lowest BCUT2D eigenvalue weighted by Gasteiger charge is -2.25. The summed E-state index contributed by atoms with van der Waals surface area (Å²) in [6.45, 7) is 4.28. The summed E-state index contributed by atoms with van der Waals surface area (Å²) in [5.41, 5.74) is 2.93. The van der Waals surface area contributed by atoms with Crippen LogP contribution in [-0.4, -0.2) is 41.4 Å². The van der Waals surface area contributed by atoms with Gasteiger partial charge in [-0.3, -0.25) is 4.79 Å². The first-order valence-electron chi connectivity index (χ1n) is 13.7. The van der Waals surface area contributed by atoms with Gasteiger partial charge in [0.05, 0.1) is 20.3 Å². The van der Waals surface area contributed by atoms with Crippen molar-refractivity contribution in [1.82, 2.24) is 0 Å². The van der Waals surface area contributed by atoms with Crippen molar-refractivity contribution in [2.45, 2.75) is 58.5 Å². The number of carbonyl (C=O) groups excluding carboxylic acids is 1. The summed E-state index contributed by atoms with van der Waals surface area (Å²) in [6.07, 6.45) is 2.52. The van der Waals surface area contributed by atoms with E-state index in [2.05, 4.69) is 13.8 Å². The number of benzene rings is 3. The van der Waals surface area contributed by atoms with Gasteiger partial charge in [-0.05, 0) is 78.5 Å². The minimum Gasteiger partial charge on any atom is -0.504 e. The van der Waals surface area contributed by atoms with E-state index >= 15 is 0 Å². The molecule has 0 aliphatic carbocycles. The van der Waals surface area contributed by atoms with Crippen LogP contribution in [0, 0.1) is 17.8 Å². The summed E-state index contributed by atoms with van der Waals surface area (Å²) >= 11 is 0. The molecule has 0 radical (unpaired) electrons. The Kier molecular flexibility index (Phi) is 11.2. The lowest BCUT2D eigenvalue weighted by molar-refractivity contribution is -0.125. The molecule has 3 atom stereocenters. The Morgan fingerprint density at radius 2 is 1.28 bits per heavy atom. The van der Waals surface area contributed by atoms with E-state index in [4.69, 9.17) is 9.47 Å². The molecule has 0 saturated carbocycles. The van der Waals surface area contributed by atoms with Crippen LogP contribution in [0.5, 0.6) is 23.0 Å². The fourth-order valence-corrected chi connectivity index (χ4v) is 5.00. The minimum atomic E-state index is -0.839. The van der Waals surface area contributed by atoms with Crippen molar-refractivity contribution in [3.63, 3.8) is 0 Å². The topological polar surface area (TPSA) is 96.2 Å². The zero-order valence-corrected chi connectivity index (χ0v) is 23.5. The molecule has 39 heavy (non-hydrogen) atoms. The Balaban J connectivity index is 1.80. The third-order valence-electron chi connectivity index (χ3n) is 7.31. The van der Waals surface area contributed by atoms with Crippen LogP contribution < -0.4 is 9.47 Å². The lowest BCUT2D eigenvalue weighted by atomic mass is 9.82. The number of ketones is 1. The van der Waals surface area contributed by atoms with E-state index in [0.717, 1.165) is 29.5 Å². The highest BCUT2D eigenvalue weighted by Crippen LogP contribution is 2.31. The maximum atomic E-state index is 13.7. The van der Waals surface area contributed by atoms with Crippen LogP contribution in [0.15, 0.2) is 66.7 Å². The average Bonchev–Trinajstić information content (AvgIpc) is 2.92. The molecule has 210 valence electrons. The van der Waals surface area contributed by atoms with Gasteiger partial charge in [-0.1, -0.05) is 62.7 Å². The number of aliphatic hydroxyl groups excluding tert-OH is 1. The first-order valence-corrected chi connectivity index (χ1v) is 13.7. The van der Waals surface area contributed by atoms with E-state index < -0.39 is 6.10 Å². The first kappa shape index (κ1) is 30.0. The van der Waals surface area contributed by atoms with Crippen LogP contribution in [0.4, 0.5) is 0 Å². The van der Waals surface area contributed by atoms with E-state index in [1.807, 2.05) is 42.5 Å². The Labute approximate surface area is 232 Å². The van der Waals surface area contributed by atoms with Gasteiger partial charge < -0.3 is 24.8 Å². The molecule has 0 bridgehead atoms. The van der Waals surface area contributed by atoms with E-state index in [0.29, 0.717) is 36.7 Å². The fraction of sp³-hybridized carbons (Fsp3) is 0.424. The third-order valence-corrected chi connectivity index (χ3v) is 7.31. The van der Waals surface area contributed by atoms with Crippen molar-refractivity contribution in [1.29, 1.82) is 0 Å². The average molecular weight is 535 g/mol. The third kappa shape index (κ3) is 9.03. The van der Waals surface area contributed by atoms with Crippen LogP contribution in [0.3, 0.4) is 0 Å². The number of Topliss-reactive ketones (excluding diaryl/α,β-unsaturated/α-hetero) is 1. The van der Waals surface area contributed by atoms with Crippen LogP contribution in [0.1, 0.15) is 49.8 Å². The van der Waals surface area contributed by atoms with Gasteiger partial charge in [0, 0.05) is 12.3 Å². The van der Waals surface area contributed by atoms with Crippen molar-refractivity contribution in [3.05, 3.63) is 83.4 Å². The summed E-state index contributed by atoms with van der Waals surface area (Å²) in [5, 5.41) is 31.4. The largest absolute Gasteiger partial charge is 0.504 e. The SMILES string of the molecule is COc1cc(C[C@@H](CCC(C)C)C(=O)C[C@@H](O)[C@@H](Cc2ccccc2)Cc2ccc(O)c(OC)c2)ccc1O. The van der Waals surface area contributed by atoms with Gasteiger partial charge in [-0.15, -0.1) is 0 Å². The smallest absolute Gasteiger partial charge is 0.160 e. The van der Waals surface area contributed by atoms with Gasteiger partial charge in [0.25, 0.3) is 0 Å². The van der Waals surface area contributed by atoms with E-state index in [1.54, 1.807) is 24.3 Å².